The first kappa shape index (κ1) is 13.3. The molecule has 16 heavy (non-hydrogen) atoms. The molecule has 0 heterocycles. The van der Waals surface area contributed by atoms with Crippen molar-refractivity contribution in [3.05, 3.63) is 28.8 Å². The first-order valence-corrected chi connectivity index (χ1v) is 5.66. The number of rotatable bonds is 5. The molecule has 0 aliphatic carbocycles. The smallest absolute Gasteiger partial charge is 0.123 e. The van der Waals surface area contributed by atoms with Crippen molar-refractivity contribution in [2.45, 2.75) is 25.9 Å². The zero-order valence-electron chi connectivity index (χ0n) is 9.83. The van der Waals surface area contributed by atoms with E-state index in [4.69, 9.17) is 16.3 Å². The molecule has 3 nitrogen and oxygen atoms in total. The molecule has 1 atom stereocenters. The molecule has 0 aliphatic heterocycles. The van der Waals surface area contributed by atoms with Crippen molar-refractivity contribution in [1.82, 2.24) is 5.32 Å². The van der Waals surface area contributed by atoms with Crippen LogP contribution in [0.15, 0.2) is 18.2 Å². The van der Waals surface area contributed by atoms with E-state index < -0.39 is 0 Å². The van der Waals surface area contributed by atoms with Crippen LogP contribution in [-0.2, 0) is 0 Å². The van der Waals surface area contributed by atoms with Crippen LogP contribution in [0.4, 0.5) is 0 Å². The summed E-state index contributed by atoms with van der Waals surface area (Å²) in [6.45, 7) is 4.06. The third kappa shape index (κ3) is 3.37. The van der Waals surface area contributed by atoms with Gasteiger partial charge in [0.25, 0.3) is 0 Å². The van der Waals surface area contributed by atoms with Crippen molar-refractivity contribution in [3.8, 4) is 5.75 Å². The maximum absolute atomic E-state index is 9.38. The molecule has 0 bridgehead atoms. The standard InChI is InChI=1S/C12H18ClNO2/c1-8(2)14-11(7-15)10-6-9(13)4-5-12(10)16-3/h4-6,8,11,14-15H,7H2,1-3H3. The van der Waals surface area contributed by atoms with Gasteiger partial charge in [-0.15, -0.1) is 0 Å². The van der Waals surface area contributed by atoms with Gasteiger partial charge in [0.15, 0.2) is 0 Å². The Bertz CT molecular complexity index is 342. The van der Waals surface area contributed by atoms with E-state index in [1.165, 1.54) is 0 Å². The van der Waals surface area contributed by atoms with Crippen LogP contribution < -0.4 is 10.1 Å². The molecule has 0 fully saturated rings. The van der Waals surface area contributed by atoms with Crippen molar-refractivity contribution < 1.29 is 9.84 Å². The highest BCUT2D eigenvalue weighted by Crippen LogP contribution is 2.28. The number of ether oxygens (including phenoxy) is 1. The van der Waals surface area contributed by atoms with Gasteiger partial charge in [0.05, 0.1) is 19.8 Å². The molecule has 1 rings (SSSR count). The Morgan fingerprint density at radius 2 is 2.12 bits per heavy atom. The molecule has 0 spiro atoms. The lowest BCUT2D eigenvalue weighted by molar-refractivity contribution is 0.234. The van der Waals surface area contributed by atoms with E-state index in [2.05, 4.69) is 5.32 Å². The monoisotopic (exact) mass is 243 g/mol. The van der Waals surface area contributed by atoms with Gasteiger partial charge in [-0.05, 0) is 18.2 Å². The zero-order valence-corrected chi connectivity index (χ0v) is 10.6. The molecule has 0 aromatic heterocycles. The van der Waals surface area contributed by atoms with E-state index in [0.717, 1.165) is 11.3 Å². The average Bonchev–Trinajstić information content (AvgIpc) is 2.25. The molecule has 0 amide bonds. The molecule has 1 aromatic rings. The Kier molecular flexibility index (Phi) is 5.06. The summed E-state index contributed by atoms with van der Waals surface area (Å²) in [5.74, 6) is 0.733. The van der Waals surface area contributed by atoms with Crippen LogP contribution in [0.3, 0.4) is 0 Å². The Hall–Kier alpha value is -0.770. The molecule has 4 heteroatoms. The SMILES string of the molecule is COc1ccc(Cl)cc1C(CO)NC(C)C. The zero-order chi connectivity index (χ0) is 12.1. The summed E-state index contributed by atoms with van der Waals surface area (Å²) in [7, 11) is 1.61. The van der Waals surface area contributed by atoms with Crippen LogP contribution in [-0.4, -0.2) is 24.9 Å². The second-order valence-electron chi connectivity index (χ2n) is 3.94. The van der Waals surface area contributed by atoms with Crippen molar-refractivity contribution in [1.29, 1.82) is 0 Å². The molecular formula is C12H18ClNO2. The largest absolute Gasteiger partial charge is 0.496 e. The van der Waals surface area contributed by atoms with E-state index in [0.29, 0.717) is 5.02 Å². The lowest BCUT2D eigenvalue weighted by Crippen LogP contribution is -2.30. The van der Waals surface area contributed by atoms with Gasteiger partial charge in [-0.2, -0.15) is 0 Å². The Morgan fingerprint density at radius 1 is 1.44 bits per heavy atom. The summed E-state index contributed by atoms with van der Waals surface area (Å²) in [6.07, 6.45) is 0. The van der Waals surface area contributed by atoms with Crippen LogP contribution in [0, 0.1) is 0 Å². The molecule has 0 radical (unpaired) electrons. The number of benzene rings is 1. The molecule has 0 saturated heterocycles. The topological polar surface area (TPSA) is 41.5 Å². The highest BCUT2D eigenvalue weighted by atomic mass is 35.5. The summed E-state index contributed by atoms with van der Waals surface area (Å²) in [5.41, 5.74) is 0.881. The normalized spacial score (nSPS) is 12.9. The van der Waals surface area contributed by atoms with Gasteiger partial charge in [0, 0.05) is 16.6 Å². The number of hydrogen-bond acceptors (Lipinski definition) is 3. The second-order valence-corrected chi connectivity index (χ2v) is 4.38. The number of halogens is 1. The molecule has 90 valence electrons. The predicted octanol–water partition coefficient (Wildman–Crippen LogP) is 2.38. The molecule has 2 N–H and O–H groups in total. The summed E-state index contributed by atoms with van der Waals surface area (Å²) < 4.78 is 5.25. The van der Waals surface area contributed by atoms with Crippen molar-refractivity contribution in [2.75, 3.05) is 13.7 Å². The number of aliphatic hydroxyl groups excluding tert-OH is 1. The van der Waals surface area contributed by atoms with E-state index >= 15 is 0 Å². The summed E-state index contributed by atoms with van der Waals surface area (Å²) in [6, 6.07) is 5.52. The fourth-order valence-corrected chi connectivity index (χ4v) is 1.80. The lowest BCUT2D eigenvalue weighted by atomic mass is 10.1. The number of hydrogen-bond donors (Lipinski definition) is 2. The van der Waals surface area contributed by atoms with E-state index in [1.807, 2.05) is 26.0 Å². The van der Waals surface area contributed by atoms with Gasteiger partial charge < -0.3 is 15.2 Å². The highest BCUT2D eigenvalue weighted by molar-refractivity contribution is 6.30. The minimum atomic E-state index is -0.159. The first-order chi connectivity index (χ1) is 7.58. The first-order valence-electron chi connectivity index (χ1n) is 5.28. The summed E-state index contributed by atoms with van der Waals surface area (Å²) >= 11 is 5.95. The number of aliphatic hydroxyl groups is 1. The Balaban J connectivity index is 3.02. The second kappa shape index (κ2) is 6.09. The van der Waals surface area contributed by atoms with Crippen LogP contribution in [0.1, 0.15) is 25.5 Å². The van der Waals surface area contributed by atoms with Crippen LogP contribution in [0.2, 0.25) is 5.02 Å². The van der Waals surface area contributed by atoms with Crippen molar-refractivity contribution in [2.24, 2.45) is 0 Å². The minimum Gasteiger partial charge on any atom is -0.496 e. The quantitative estimate of drug-likeness (QED) is 0.835. The van der Waals surface area contributed by atoms with Gasteiger partial charge in [-0.1, -0.05) is 25.4 Å². The van der Waals surface area contributed by atoms with Crippen LogP contribution in [0.5, 0.6) is 5.75 Å². The maximum Gasteiger partial charge on any atom is 0.123 e. The Labute approximate surface area is 101 Å². The van der Waals surface area contributed by atoms with Gasteiger partial charge in [0.2, 0.25) is 0 Å². The molecule has 0 saturated carbocycles. The Morgan fingerprint density at radius 3 is 2.62 bits per heavy atom. The van der Waals surface area contributed by atoms with Crippen LogP contribution >= 0.6 is 11.6 Å². The van der Waals surface area contributed by atoms with Crippen molar-refractivity contribution in [3.63, 3.8) is 0 Å². The predicted molar refractivity (Wildman–Crippen MR) is 66.1 cm³/mol. The number of methoxy groups -OCH3 is 1. The van der Waals surface area contributed by atoms with Crippen molar-refractivity contribution >= 4 is 11.6 Å². The average molecular weight is 244 g/mol. The van der Waals surface area contributed by atoms with E-state index in [-0.39, 0.29) is 18.7 Å². The third-order valence-electron chi connectivity index (χ3n) is 2.28. The fraction of sp³-hybridized carbons (Fsp3) is 0.500. The molecule has 1 unspecified atom stereocenters. The maximum atomic E-state index is 9.38. The molecular weight excluding hydrogens is 226 g/mol. The number of nitrogens with one attached hydrogen (secondary N) is 1. The highest BCUT2D eigenvalue weighted by Gasteiger charge is 2.16. The summed E-state index contributed by atoms with van der Waals surface area (Å²) in [4.78, 5) is 0. The van der Waals surface area contributed by atoms with E-state index in [1.54, 1.807) is 13.2 Å². The lowest BCUT2D eigenvalue weighted by Gasteiger charge is -2.21. The van der Waals surface area contributed by atoms with Gasteiger partial charge in [0.1, 0.15) is 5.75 Å². The van der Waals surface area contributed by atoms with Gasteiger partial charge >= 0.3 is 0 Å². The molecule has 1 aromatic carbocycles. The van der Waals surface area contributed by atoms with Gasteiger partial charge in [-0.25, -0.2) is 0 Å². The molecule has 0 aliphatic rings. The van der Waals surface area contributed by atoms with E-state index in [9.17, 15) is 5.11 Å². The summed E-state index contributed by atoms with van der Waals surface area (Å²) in [5, 5.41) is 13.3. The van der Waals surface area contributed by atoms with Gasteiger partial charge in [-0.3, -0.25) is 0 Å². The minimum absolute atomic E-state index is 0.00881. The third-order valence-corrected chi connectivity index (χ3v) is 2.52. The fourth-order valence-electron chi connectivity index (χ4n) is 1.62. The van der Waals surface area contributed by atoms with Crippen LogP contribution in [0.25, 0.3) is 0 Å².